The first-order valence-electron chi connectivity index (χ1n) is 11.7. The van der Waals surface area contributed by atoms with Crippen molar-refractivity contribution in [1.82, 2.24) is 0 Å². The van der Waals surface area contributed by atoms with Gasteiger partial charge in [0.1, 0.15) is 43.8 Å². The number of hydrogen-bond acceptors (Lipinski definition) is 12. The number of carbonyl (C=O) groups is 2. The minimum atomic E-state index is -4.94. The second kappa shape index (κ2) is 12.0. The summed E-state index contributed by atoms with van der Waals surface area (Å²) in [6.45, 7) is 0. The summed E-state index contributed by atoms with van der Waals surface area (Å²) < 4.78 is 68.2. The van der Waals surface area contributed by atoms with Crippen LogP contribution in [0.15, 0.2) is 103 Å². The first-order valence-corrected chi connectivity index (χ1v) is 14.6. The van der Waals surface area contributed by atoms with Gasteiger partial charge in [-0.3, -0.25) is 9.11 Å². The monoisotopic (exact) mass is 642 g/mol. The van der Waals surface area contributed by atoms with Crippen LogP contribution in [0.4, 0.5) is 22.7 Å². The van der Waals surface area contributed by atoms with Crippen LogP contribution in [-0.2, 0) is 20.2 Å². The van der Waals surface area contributed by atoms with Gasteiger partial charge in [0.2, 0.25) is 0 Å². The molecule has 0 spiro atoms. The lowest BCUT2D eigenvalue weighted by Gasteiger charge is -2.09. The Morgan fingerprint density at radius 3 is 1.20 bits per heavy atom. The Hall–Kier alpha value is -5.56. The molecule has 0 bridgehead atoms. The molecular formula is C26H18N4O12S2. The molecule has 0 unspecified atom stereocenters. The van der Waals surface area contributed by atoms with Crippen LogP contribution in [0.1, 0.15) is 20.7 Å². The molecule has 0 aliphatic heterocycles. The van der Waals surface area contributed by atoms with Crippen LogP contribution in [0.5, 0.6) is 11.5 Å². The van der Waals surface area contributed by atoms with E-state index in [1.165, 1.54) is 24.3 Å². The zero-order chi connectivity index (χ0) is 32.4. The third kappa shape index (κ3) is 7.07. The number of aromatic carboxylic acids is 2. The normalized spacial score (nSPS) is 12.1. The lowest BCUT2D eigenvalue weighted by molar-refractivity contribution is 0.0682. The Kier molecular flexibility index (Phi) is 8.54. The van der Waals surface area contributed by atoms with Crippen LogP contribution in [0.2, 0.25) is 0 Å². The molecule has 0 amide bonds. The predicted octanol–water partition coefficient (Wildman–Crippen LogP) is 5.49. The molecule has 0 saturated heterocycles. The van der Waals surface area contributed by atoms with Gasteiger partial charge in [0, 0.05) is 0 Å². The van der Waals surface area contributed by atoms with E-state index in [0.29, 0.717) is 0 Å². The molecule has 4 rings (SSSR count). The number of carboxylic acid groups (broad SMARTS) is 2. The number of rotatable bonds is 9. The van der Waals surface area contributed by atoms with Crippen molar-refractivity contribution < 1.29 is 56.0 Å². The molecule has 0 aliphatic rings. The van der Waals surface area contributed by atoms with Crippen LogP contribution in [0.25, 0.3) is 11.1 Å². The van der Waals surface area contributed by atoms with E-state index in [9.17, 15) is 45.7 Å². The Balaban J connectivity index is 1.74. The van der Waals surface area contributed by atoms with Gasteiger partial charge < -0.3 is 20.4 Å². The maximum absolute atomic E-state index is 12.2. The van der Waals surface area contributed by atoms with Crippen LogP contribution in [0.3, 0.4) is 0 Å². The molecule has 0 saturated carbocycles. The van der Waals surface area contributed by atoms with Crippen molar-refractivity contribution in [3.8, 4) is 22.6 Å². The highest BCUT2D eigenvalue weighted by Crippen LogP contribution is 2.36. The molecular weight excluding hydrogens is 624 g/mol. The van der Waals surface area contributed by atoms with E-state index in [1.54, 1.807) is 0 Å². The van der Waals surface area contributed by atoms with E-state index >= 15 is 0 Å². The SMILES string of the molecule is O=C(O)c1cc(N=Nc2ccc(-c3ccc(N=Nc4ccc(O)c(C(=O)O)c4)c(S(=O)(=O)O)c3)cc2S(=O)(=O)O)ccc1O. The molecule has 4 aromatic carbocycles. The quantitative estimate of drug-likeness (QED) is 0.0977. The van der Waals surface area contributed by atoms with Gasteiger partial charge >= 0.3 is 11.9 Å². The van der Waals surface area contributed by atoms with E-state index in [-0.39, 0.29) is 33.9 Å². The third-order valence-electron chi connectivity index (χ3n) is 5.78. The predicted molar refractivity (Wildman–Crippen MR) is 150 cm³/mol. The largest absolute Gasteiger partial charge is 0.507 e. The molecule has 0 aliphatic carbocycles. The number of carboxylic acids is 2. The van der Waals surface area contributed by atoms with E-state index in [2.05, 4.69) is 20.5 Å². The van der Waals surface area contributed by atoms with E-state index < -0.39 is 64.6 Å². The highest BCUT2D eigenvalue weighted by molar-refractivity contribution is 7.86. The Morgan fingerprint density at radius 2 is 0.886 bits per heavy atom. The van der Waals surface area contributed by atoms with Crippen LogP contribution < -0.4 is 0 Å². The van der Waals surface area contributed by atoms with Crippen molar-refractivity contribution in [1.29, 1.82) is 0 Å². The van der Waals surface area contributed by atoms with Gasteiger partial charge in [-0.1, -0.05) is 12.1 Å². The first-order chi connectivity index (χ1) is 20.5. The summed E-state index contributed by atoms with van der Waals surface area (Å²) in [4.78, 5) is 20.9. The van der Waals surface area contributed by atoms with Gasteiger partial charge in [0.25, 0.3) is 20.2 Å². The molecule has 0 fully saturated rings. The summed E-state index contributed by atoms with van der Waals surface area (Å²) in [6, 6.07) is 13.1. The fraction of sp³-hybridized carbons (Fsp3) is 0. The zero-order valence-corrected chi connectivity index (χ0v) is 23.3. The average Bonchev–Trinajstić information content (AvgIpc) is 2.95. The highest BCUT2D eigenvalue weighted by atomic mass is 32.2. The van der Waals surface area contributed by atoms with Crippen LogP contribution in [-0.4, -0.2) is 58.3 Å². The van der Waals surface area contributed by atoms with Gasteiger partial charge in [-0.15, -0.1) is 10.2 Å². The molecule has 0 radical (unpaired) electrons. The second-order valence-corrected chi connectivity index (χ2v) is 11.5. The van der Waals surface area contributed by atoms with Gasteiger partial charge in [-0.2, -0.15) is 27.1 Å². The number of nitrogens with zero attached hydrogens (tertiary/aromatic N) is 4. The Bertz CT molecular complexity index is 1960. The number of hydrogen-bond donors (Lipinski definition) is 6. The minimum absolute atomic E-state index is 0.0346. The number of aromatic hydroxyl groups is 2. The Labute approximate surface area is 247 Å². The van der Waals surface area contributed by atoms with Crippen molar-refractivity contribution in [2.24, 2.45) is 20.5 Å². The molecule has 4 aromatic rings. The smallest absolute Gasteiger partial charge is 0.339 e. The number of azo groups is 2. The standard InChI is InChI=1S/C26H18N4O12S2/c31-21-7-3-15(11-17(21)25(33)34)27-29-19-5-1-13(9-23(19)43(37,38)39)14-2-6-20(24(10-14)44(40,41)42)30-28-16-4-8-22(32)18(12-16)26(35)36/h1-12,31-32H,(H,33,34)(H,35,36)(H,37,38,39)(H,40,41,42). The van der Waals surface area contributed by atoms with Crippen LogP contribution >= 0.6 is 0 Å². The fourth-order valence-electron chi connectivity index (χ4n) is 3.70. The molecule has 18 heteroatoms. The van der Waals surface area contributed by atoms with Gasteiger partial charge in [-0.05, 0) is 71.8 Å². The van der Waals surface area contributed by atoms with E-state index in [4.69, 9.17) is 10.2 Å². The van der Waals surface area contributed by atoms with E-state index in [0.717, 1.165) is 48.5 Å². The van der Waals surface area contributed by atoms with Crippen molar-refractivity contribution in [2.75, 3.05) is 0 Å². The average molecular weight is 643 g/mol. The summed E-state index contributed by atoms with van der Waals surface area (Å²) in [6.07, 6.45) is 0. The van der Waals surface area contributed by atoms with Crippen LogP contribution in [0, 0.1) is 0 Å². The minimum Gasteiger partial charge on any atom is -0.507 e. The molecule has 0 aromatic heterocycles. The zero-order valence-electron chi connectivity index (χ0n) is 21.7. The first kappa shape index (κ1) is 31.4. The lowest BCUT2D eigenvalue weighted by Crippen LogP contribution is -2.00. The molecule has 44 heavy (non-hydrogen) atoms. The summed E-state index contributed by atoms with van der Waals surface area (Å²) in [5.74, 6) is -3.98. The van der Waals surface area contributed by atoms with E-state index in [1.807, 2.05) is 0 Å². The summed E-state index contributed by atoms with van der Waals surface area (Å²) in [5.41, 5.74) is -1.80. The van der Waals surface area contributed by atoms with Gasteiger partial charge in [-0.25, -0.2) is 9.59 Å². The summed E-state index contributed by atoms with van der Waals surface area (Å²) in [7, 11) is -9.89. The highest BCUT2D eigenvalue weighted by Gasteiger charge is 2.21. The third-order valence-corrected chi connectivity index (χ3v) is 7.54. The summed E-state index contributed by atoms with van der Waals surface area (Å²) in [5, 5.41) is 52.5. The fourth-order valence-corrected chi connectivity index (χ4v) is 5.00. The van der Waals surface area contributed by atoms with Gasteiger partial charge in [0.15, 0.2) is 0 Å². The van der Waals surface area contributed by atoms with Crippen molar-refractivity contribution in [3.63, 3.8) is 0 Å². The van der Waals surface area contributed by atoms with Crippen molar-refractivity contribution >= 4 is 54.9 Å². The lowest BCUT2D eigenvalue weighted by atomic mass is 10.0. The second-order valence-electron chi connectivity index (χ2n) is 8.73. The van der Waals surface area contributed by atoms with Gasteiger partial charge in [0.05, 0.1) is 11.4 Å². The maximum Gasteiger partial charge on any atom is 0.339 e. The maximum atomic E-state index is 12.2. The van der Waals surface area contributed by atoms with Crippen molar-refractivity contribution in [3.05, 3.63) is 83.9 Å². The molecule has 6 N–H and O–H groups in total. The Morgan fingerprint density at radius 1 is 0.523 bits per heavy atom. The number of benzene rings is 4. The molecule has 0 atom stereocenters. The molecule has 0 heterocycles. The summed E-state index contributed by atoms with van der Waals surface area (Å²) >= 11 is 0. The molecule has 16 nitrogen and oxygen atoms in total. The molecule has 226 valence electrons. The number of phenols is 2. The van der Waals surface area contributed by atoms with Crippen molar-refractivity contribution in [2.45, 2.75) is 9.79 Å². The topological polar surface area (TPSA) is 273 Å².